The SMILES string of the molecule is Cc1cccc(C)c1N1CC(C)N(c2c(C)cccc2C)C1=N. The fourth-order valence-electron chi connectivity index (χ4n) is 3.71. The Hall–Kier alpha value is -2.29. The van der Waals surface area contributed by atoms with E-state index in [0.717, 1.165) is 6.54 Å². The van der Waals surface area contributed by atoms with Crippen molar-refractivity contribution in [1.82, 2.24) is 0 Å². The molecule has 2 aromatic rings. The van der Waals surface area contributed by atoms with Crippen molar-refractivity contribution in [3.63, 3.8) is 0 Å². The molecule has 0 amide bonds. The molecule has 3 nitrogen and oxygen atoms in total. The number of para-hydroxylation sites is 2. The van der Waals surface area contributed by atoms with Crippen LogP contribution in [0.1, 0.15) is 29.2 Å². The van der Waals surface area contributed by atoms with E-state index < -0.39 is 0 Å². The van der Waals surface area contributed by atoms with Gasteiger partial charge in [0.15, 0.2) is 0 Å². The van der Waals surface area contributed by atoms with Gasteiger partial charge in [-0.15, -0.1) is 0 Å². The highest BCUT2D eigenvalue weighted by atomic mass is 15.4. The summed E-state index contributed by atoms with van der Waals surface area (Å²) < 4.78 is 0. The Balaban J connectivity index is 2.06. The Labute approximate surface area is 139 Å². The largest absolute Gasteiger partial charge is 0.310 e. The molecule has 1 fully saturated rings. The number of hydrogen-bond acceptors (Lipinski definition) is 1. The van der Waals surface area contributed by atoms with Crippen LogP contribution in [0.3, 0.4) is 0 Å². The number of nitrogens with one attached hydrogen (secondary N) is 1. The molecule has 1 N–H and O–H groups in total. The predicted octanol–water partition coefficient (Wildman–Crippen LogP) is 4.57. The molecule has 0 aliphatic carbocycles. The lowest BCUT2D eigenvalue weighted by molar-refractivity contribution is 0.789. The minimum absolute atomic E-state index is 0.279. The van der Waals surface area contributed by atoms with Gasteiger partial charge in [-0.1, -0.05) is 36.4 Å². The first-order chi connectivity index (χ1) is 10.9. The first-order valence-corrected chi connectivity index (χ1v) is 8.19. The second-order valence-corrected chi connectivity index (χ2v) is 6.63. The molecule has 0 aromatic heterocycles. The molecule has 0 spiro atoms. The summed E-state index contributed by atoms with van der Waals surface area (Å²) in [6.07, 6.45) is 0. The molecule has 1 saturated heterocycles. The van der Waals surface area contributed by atoms with Crippen molar-refractivity contribution in [1.29, 1.82) is 5.41 Å². The number of hydrogen-bond donors (Lipinski definition) is 1. The van der Waals surface area contributed by atoms with E-state index in [1.165, 1.54) is 33.6 Å². The van der Waals surface area contributed by atoms with Gasteiger partial charge in [0.1, 0.15) is 0 Å². The number of nitrogens with zero attached hydrogens (tertiary/aromatic N) is 2. The first kappa shape index (κ1) is 15.6. The molecule has 1 aliphatic heterocycles. The van der Waals surface area contributed by atoms with Gasteiger partial charge in [-0.05, 0) is 56.9 Å². The standard InChI is InChI=1S/C20H25N3/c1-13-8-6-9-14(2)18(13)22-12-17(5)23(20(22)21)19-15(3)10-7-11-16(19)4/h6-11,17,21H,12H2,1-5H3. The van der Waals surface area contributed by atoms with Gasteiger partial charge >= 0.3 is 0 Å². The van der Waals surface area contributed by atoms with Gasteiger partial charge in [0.05, 0.1) is 6.04 Å². The van der Waals surface area contributed by atoms with Crippen LogP contribution in [0.4, 0.5) is 11.4 Å². The van der Waals surface area contributed by atoms with Crippen molar-refractivity contribution in [3.05, 3.63) is 58.7 Å². The van der Waals surface area contributed by atoms with Crippen molar-refractivity contribution in [2.45, 2.75) is 40.7 Å². The summed E-state index contributed by atoms with van der Waals surface area (Å²) in [7, 11) is 0. The molecule has 1 unspecified atom stereocenters. The monoisotopic (exact) mass is 307 g/mol. The molecule has 1 atom stereocenters. The summed E-state index contributed by atoms with van der Waals surface area (Å²) in [4.78, 5) is 4.33. The Morgan fingerprint density at radius 1 is 0.826 bits per heavy atom. The zero-order valence-corrected chi connectivity index (χ0v) is 14.6. The van der Waals surface area contributed by atoms with E-state index in [0.29, 0.717) is 5.96 Å². The molecule has 1 aliphatic rings. The smallest absolute Gasteiger partial charge is 0.203 e. The van der Waals surface area contributed by atoms with Gasteiger partial charge in [-0.25, -0.2) is 0 Å². The van der Waals surface area contributed by atoms with Crippen molar-refractivity contribution in [3.8, 4) is 0 Å². The summed E-state index contributed by atoms with van der Waals surface area (Å²) in [6, 6.07) is 13.0. The second-order valence-electron chi connectivity index (χ2n) is 6.63. The summed E-state index contributed by atoms with van der Waals surface area (Å²) in [6.45, 7) is 11.6. The van der Waals surface area contributed by atoms with Crippen LogP contribution in [0.25, 0.3) is 0 Å². The van der Waals surface area contributed by atoms with Gasteiger partial charge in [0, 0.05) is 17.9 Å². The molecular formula is C20H25N3. The number of benzene rings is 2. The van der Waals surface area contributed by atoms with E-state index in [-0.39, 0.29) is 6.04 Å². The summed E-state index contributed by atoms with van der Waals surface area (Å²) in [5, 5.41) is 8.81. The molecule has 0 bridgehead atoms. The molecule has 3 heteroatoms. The van der Waals surface area contributed by atoms with Crippen LogP contribution in [0.2, 0.25) is 0 Å². The average Bonchev–Trinajstić information content (AvgIpc) is 2.75. The summed E-state index contributed by atoms with van der Waals surface area (Å²) >= 11 is 0. The number of guanidine groups is 1. The van der Waals surface area contributed by atoms with Crippen molar-refractivity contribution in [2.24, 2.45) is 0 Å². The second kappa shape index (κ2) is 5.73. The summed E-state index contributed by atoms with van der Waals surface area (Å²) in [5.41, 5.74) is 7.27. The third kappa shape index (κ3) is 2.50. The van der Waals surface area contributed by atoms with Crippen molar-refractivity contribution < 1.29 is 0 Å². The van der Waals surface area contributed by atoms with Crippen LogP contribution < -0.4 is 9.80 Å². The number of aryl methyl sites for hydroxylation is 4. The maximum absolute atomic E-state index is 8.81. The highest BCUT2D eigenvalue weighted by Gasteiger charge is 2.35. The fraction of sp³-hybridized carbons (Fsp3) is 0.350. The molecule has 2 aromatic carbocycles. The normalized spacial score (nSPS) is 18.0. The van der Waals surface area contributed by atoms with Gasteiger partial charge < -0.3 is 9.80 Å². The van der Waals surface area contributed by atoms with Crippen LogP contribution in [0, 0.1) is 33.1 Å². The van der Waals surface area contributed by atoms with Crippen molar-refractivity contribution >= 4 is 17.3 Å². The van der Waals surface area contributed by atoms with Gasteiger partial charge in [-0.2, -0.15) is 0 Å². The zero-order valence-electron chi connectivity index (χ0n) is 14.6. The van der Waals surface area contributed by atoms with Gasteiger partial charge in [0.25, 0.3) is 0 Å². The molecule has 120 valence electrons. The first-order valence-electron chi connectivity index (χ1n) is 8.19. The van der Waals surface area contributed by atoms with Crippen LogP contribution >= 0.6 is 0 Å². The zero-order chi connectivity index (χ0) is 16.7. The molecule has 3 rings (SSSR count). The molecule has 0 saturated carbocycles. The number of anilines is 2. The van der Waals surface area contributed by atoms with Gasteiger partial charge in [-0.3, -0.25) is 5.41 Å². The van der Waals surface area contributed by atoms with Crippen molar-refractivity contribution in [2.75, 3.05) is 16.3 Å². The Kier molecular flexibility index (Phi) is 3.88. The lowest BCUT2D eigenvalue weighted by Gasteiger charge is -2.28. The van der Waals surface area contributed by atoms with E-state index in [1.54, 1.807) is 0 Å². The topological polar surface area (TPSA) is 30.3 Å². The Morgan fingerprint density at radius 3 is 1.74 bits per heavy atom. The molecule has 23 heavy (non-hydrogen) atoms. The minimum Gasteiger partial charge on any atom is -0.310 e. The molecule has 1 heterocycles. The third-order valence-corrected chi connectivity index (χ3v) is 4.76. The maximum Gasteiger partial charge on any atom is 0.203 e. The van der Waals surface area contributed by atoms with E-state index in [1.807, 2.05) is 0 Å². The number of rotatable bonds is 2. The fourth-order valence-corrected chi connectivity index (χ4v) is 3.71. The van der Waals surface area contributed by atoms with Crippen LogP contribution in [-0.2, 0) is 0 Å². The van der Waals surface area contributed by atoms with E-state index >= 15 is 0 Å². The lowest BCUT2D eigenvalue weighted by atomic mass is 10.1. The quantitative estimate of drug-likeness (QED) is 0.881. The summed E-state index contributed by atoms with van der Waals surface area (Å²) in [5.74, 6) is 0.576. The van der Waals surface area contributed by atoms with E-state index in [2.05, 4.69) is 80.8 Å². The molecular weight excluding hydrogens is 282 g/mol. The minimum atomic E-state index is 0.279. The predicted molar refractivity (Wildman–Crippen MR) is 98.8 cm³/mol. The Morgan fingerprint density at radius 2 is 1.26 bits per heavy atom. The average molecular weight is 307 g/mol. The third-order valence-electron chi connectivity index (χ3n) is 4.76. The lowest BCUT2D eigenvalue weighted by Crippen LogP contribution is -2.36. The van der Waals surface area contributed by atoms with Gasteiger partial charge in [0.2, 0.25) is 5.96 Å². The van der Waals surface area contributed by atoms with Crippen LogP contribution in [-0.4, -0.2) is 18.5 Å². The van der Waals surface area contributed by atoms with E-state index in [4.69, 9.17) is 5.41 Å². The highest BCUT2D eigenvalue weighted by Crippen LogP contribution is 2.35. The van der Waals surface area contributed by atoms with E-state index in [9.17, 15) is 0 Å². The maximum atomic E-state index is 8.81. The van der Waals surface area contributed by atoms with Crippen LogP contribution in [0.5, 0.6) is 0 Å². The highest BCUT2D eigenvalue weighted by molar-refractivity contribution is 6.09. The Bertz CT molecular complexity index is 723. The molecule has 0 radical (unpaired) electrons. The van der Waals surface area contributed by atoms with Crippen LogP contribution in [0.15, 0.2) is 36.4 Å².